The first-order valence-electron chi connectivity index (χ1n) is 34.4. The Kier molecular flexibility index (Phi) is 65.2. The summed E-state index contributed by atoms with van der Waals surface area (Å²) in [6.45, 7) is 6.48. The molecule has 0 aliphatic carbocycles. The van der Waals surface area contributed by atoms with Crippen LogP contribution in [0.5, 0.6) is 0 Å². The minimum atomic E-state index is -0.790. The standard InChI is InChI=1S/C75H128O6/c1-4-7-10-13-16-19-22-24-26-28-30-32-33-34-35-36-37-38-39-40-41-43-44-46-48-50-53-56-59-62-65-68-74(77)80-71-72(70-79-73(76)67-64-61-58-55-52-21-18-15-12-9-6-3)81-75(78)69-66-63-60-57-54-51-49-47-45-42-31-29-27-25-23-20-17-14-11-8-5-2/h7,10,15-16,18-19,23-26,29-32,34-35,45,47,72H,4-6,8-9,11-14,17,20-22,27-28,33,36-44,46,48-71H2,1-3H3/b10-7-,18-15-,19-16-,25-23-,26-24-,31-29-,32-30-,35-34-,47-45-. The first-order chi connectivity index (χ1) is 40.0. The zero-order valence-electron chi connectivity index (χ0n) is 53.3. The molecule has 0 amide bonds. The van der Waals surface area contributed by atoms with Gasteiger partial charge in [0.05, 0.1) is 0 Å². The number of carbonyl (C=O) groups is 3. The van der Waals surface area contributed by atoms with Crippen LogP contribution in [0.15, 0.2) is 109 Å². The van der Waals surface area contributed by atoms with Crippen LogP contribution in [0.2, 0.25) is 0 Å². The average Bonchev–Trinajstić information content (AvgIpc) is 3.47. The summed E-state index contributed by atoms with van der Waals surface area (Å²) in [5.41, 5.74) is 0. The van der Waals surface area contributed by atoms with Crippen molar-refractivity contribution in [3.8, 4) is 0 Å². The highest BCUT2D eigenvalue weighted by Crippen LogP contribution is 2.17. The zero-order valence-corrected chi connectivity index (χ0v) is 53.3. The summed E-state index contributed by atoms with van der Waals surface area (Å²) in [6, 6.07) is 0. The quantitative estimate of drug-likeness (QED) is 0.0261. The first kappa shape index (κ1) is 77.1. The van der Waals surface area contributed by atoms with E-state index in [1.165, 1.54) is 167 Å². The van der Waals surface area contributed by atoms with E-state index in [2.05, 4.69) is 130 Å². The lowest BCUT2D eigenvalue weighted by atomic mass is 10.0. The minimum absolute atomic E-state index is 0.0848. The van der Waals surface area contributed by atoms with Crippen LogP contribution in [0, 0.1) is 0 Å². The summed E-state index contributed by atoms with van der Waals surface area (Å²) in [4.78, 5) is 38.3. The van der Waals surface area contributed by atoms with Crippen LogP contribution < -0.4 is 0 Å². The van der Waals surface area contributed by atoms with E-state index in [-0.39, 0.29) is 31.1 Å². The Hall–Kier alpha value is -3.93. The van der Waals surface area contributed by atoms with E-state index in [1.54, 1.807) is 0 Å². The van der Waals surface area contributed by atoms with Crippen molar-refractivity contribution in [2.45, 2.75) is 335 Å². The number of allylic oxidation sites excluding steroid dienone is 18. The summed E-state index contributed by atoms with van der Waals surface area (Å²) in [6.07, 6.45) is 94.0. The van der Waals surface area contributed by atoms with E-state index >= 15 is 0 Å². The van der Waals surface area contributed by atoms with Crippen LogP contribution in [-0.4, -0.2) is 37.2 Å². The number of hydrogen-bond donors (Lipinski definition) is 0. The Morgan fingerprint density at radius 3 is 0.802 bits per heavy atom. The summed E-state index contributed by atoms with van der Waals surface area (Å²) >= 11 is 0. The van der Waals surface area contributed by atoms with E-state index in [0.717, 1.165) is 122 Å². The highest BCUT2D eigenvalue weighted by molar-refractivity contribution is 5.71. The van der Waals surface area contributed by atoms with E-state index in [9.17, 15) is 14.4 Å². The number of unbranched alkanes of at least 4 members (excludes halogenated alkanes) is 33. The topological polar surface area (TPSA) is 78.9 Å². The zero-order chi connectivity index (χ0) is 58.5. The molecule has 0 aromatic heterocycles. The minimum Gasteiger partial charge on any atom is -0.462 e. The van der Waals surface area contributed by atoms with Crippen LogP contribution >= 0.6 is 0 Å². The van der Waals surface area contributed by atoms with Crippen LogP contribution in [0.1, 0.15) is 329 Å². The van der Waals surface area contributed by atoms with E-state index in [1.807, 2.05) is 0 Å². The van der Waals surface area contributed by atoms with Gasteiger partial charge in [0.15, 0.2) is 6.10 Å². The van der Waals surface area contributed by atoms with Crippen molar-refractivity contribution < 1.29 is 28.6 Å². The number of carbonyl (C=O) groups excluding carboxylic acids is 3. The van der Waals surface area contributed by atoms with Gasteiger partial charge in [0.1, 0.15) is 13.2 Å². The van der Waals surface area contributed by atoms with Gasteiger partial charge in [0.2, 0.25) is 0 Å². The van der Waals surface area contributed by atoms with Gasteiger partial charge in [-0.15, -0.1) is 0 Å². The third kappa shape index (κ3) is 66.8. The van der Waals surface area contributed by atoms with Gasteiger partial charge in [-0.05, 0) is 122 Å². The SMILES string of the molecule is CC/C=C\C/C=C\C/C=C\C/C=C\C/C=C\CCCCCCCCCCCCCCCCCC(=O)OCC(COC(=O)CCCCCCC/C=C\CCCC)OC(=O)CCCCCCCC/C=C\C/C=C\C/C=C\CCCCCCC. The Bertz CT molecular complexity index is 1620. The molecule has 464 valence electrons. The van der Waals surface area contributed by atoms with Gasteiger partial charge in [-0.3, -0.25) is 14.4 Å². The summed E-state index contributed by atoms with van der Waals surface area (Å²) in [7, 11) is 0. The van der Waals surface area contributed by atoms with Crippen LogP contribution in [0.4, 0.5) is 0 Å². The van der Waals surface area contributed by atoms with E-state index in [4.69, 9.17) is 14.2 Å². The number of ether oxygens (including phenoxy) is 3. The Morgan fingerprint density at radius 2 is 0.494 bits per heavy atom. The normalized spacial score (nSPS) is 12.8. The molecule has 0 heterocycles. The van der Waals surface area contributed by atoms with Crippen molar-refractivity contribution in [2.24, 2.45) is 0 Å². The van der Waals surface area contributed by atoms with Crippen molar-refractivity contribution in [1.29, 1.82) is 0 Å². The fourth-order valence-corrected chi connectivity index (χ4v) is 9.58. The maximum atomic E-state index is 12.9. The second-order valence-electron chi connectivity index (χ2n) is 22.7. The molecule has 0 N–H and O–H groups in total. The van der Waals surface area contributed by atoms with E-state index < -0.39 is 6.10 Å². The predicted molar refractivity (Wildman–Crippen MR) is 353 cm³/mol. The lowest BCUT2D eigenvalue weighted by molar-refractivity contribution is -0.167. The molecule has 0 aliphatic rings. The van der Waals surface area contributed by atoms with Crippen molar-refractivity contribution in [3.63, 3.8) is 0 Å². The van der Waals surface area contributed by atoms with Crippen molar-refractivity contribution in [3.05, 3.63) is 109 Å². The summed E-state index contributed by atoms with van der Waals surface area (Å²) < 4.78 is 16.9. The van der Waals surface area contributed by atoms with Gasteiger partial charge in [0, 0.05) is 19.3 Å². The third-order valence-corrected chi connectivity index (χ3v) is 14.7. The average molecular weight is 1130 g/mol. The summed E-state index contributed by atoms with van der Waals surface area (Å²) in [5.74, 6) is -0.897. The Labute approximate surface area is 501 Å². The van der Waals surface area contributed by atoms with Crippen LogP contribution in [0.3, 0.4) is 0 Å². The molecule has 0 aliphatic heterocycles. The smallest absolute Gasteiger partial charge is 0.306 e. The van der Waals surface area contributed by atoms with Gasteiger partial charge in [-0.25, -0.2) is 0 Å². The number of esters is 3. The van der Waals surface area contributed by atoms with Gasteiger partial charge in [-0.1, -0.05) is 297 Å². The second kappa shape index (κ2) is 68.6. The molecule has 0 radical (unpaired) electrons. The van der Waals surface area contributed by atoms with Crippen LogP contribution in [0.25, 0.3) is 0 Å². The van der Waals surface area contributed by atoms with Crippen molar-refractivity contribution >= 4 is 17.9 Å². The molecule has 6 heteroatoms. The van der Waals surface area contributed by atoms with Gasteiger partial charge < -0.3 is 14.2 Å². The Balaban J connectivity index is 4.22. The number of hydrogen-bond acceptors (Lipinski definition) is 6. The maximum absolute atomic E-state index is 12.9. The third-order valence-electron chi connectivity index (χ3n) is 14.7. The highest BCUT2D eigenvalue weighted by atomic mass is 16.6. The van der Waals surface area contributed by atoms with Crippen molar-refractivity contribution in [2.75, 3.05) is 13.2 Å². The fraction of sp³-hybridized carbons (Fsp3) is 0.720. The van der Waals surface area contributed by atoms with E-state index in [0.29, 0.717) is 19.3 Å². The lowest BCUT2D eigenvalue weighted by Gasteiger charge is -2.18. The second-order valence-corrected chi connectivity index (χ2v) is 22.7. The largest absolute Gasteiger partial charge is 0.462 e. The molecule has 6 nitrogen and oxygen atoms in total. The van der Waals surface area contributed by atoms with Crippen LogP contribution in [-0.2, 0) is 28.6 Å². The molecular formula is C75H128O6. The molecule has 0 fully saturated rings. The fourth-order valence-electron chi connectivity index (χ4n) is 9.58. The molecule has 0 saturated carbocycles. The molecule has 81 heavy (non-hydrogen) atoms. The lowest BCUT2D eigenvalue weighted by Crippen LogP contribution is -2.30. The number of rotatable bonds is 62. The van der Waals surface area contributed by atoms with Gasteiger partial charge >= 0.3 is 17.9 Å². The molecule has 0 saturated heterocycles. The van der Waals surface area contributed by atoms with Gasteiger partial charge in [-0.2, -0.15) is 0 Å². The van der Waals surface area contributed by atoms with Crippen molar-refractivity contribution in [1.82, 2.24) is 0 Å². The predicted octanol–water partition coefficient (Wildman–Crippen LogP) is 23.8. The summed E-state index contributed by atoms with van der Waals surface area (Å²) in [5, 5.41) is 0. The molecule has 1 atom stereocenters. The molecule has 0 rings (SSSR count). The maximum Gasteiger partial charge on any atom is 0.306 e. The molecule has 0 aromatic rings. The highest BCUT2D eigenvalue weighted by Gasteiger charge is 2.19. The molecule has 0 aromatic carbocycles. The molecule has 1 unspecified atom stereocenters. The molecule has 0 spiro atoms. The Morgan fingerprint density at radius 1 is 0.259 bits per heavy atom. The molecule has 0 bridgehead atoms. The monoisotopic (exact) mass is 1120 g/mol. The molecular weight excluding hydrogens is 997 g/mol. The van der Waals surface area contributed by atoms with Gasteiger partial charge in [0.25, 0.3) is 0 Å². The first-order valence-corrected chi connectivity index (χ1v) is 34.4.